The Labute approximate surface area is 247 Å². The van der Waals surface area contributed by atoms with E-state index in [9.17, 15) is 14.4 Å². The van der Waals surface area contributed by atoms with Crippen molar-refractivity contribution in [2.24, 2.45) is 5.92 Å². The maximum Gasteiger partial charge on any atom is 0.408 e. The number of hydrogen-bond acceptors (Lipinski definition) is 4. The second-order valence-corrected chi connectivity index (χ2v) is 12.5. The average Bonchev–Trinajstić information content (AvgIpc) is 2.89. The first-order chi connectivity index (χ1) is 19.3. The van der Waals surface area contributed by atoms with Crippen molar-refractivity contribution < 1.29 is 19.1 Å². The van der Waals surface area contributed by atoms with Crippen LogP contribution in [0.5, 0.6) is 0 Å². The molecule has 0 saturated heterocycles. The van der Waals surface area contributed by atoms with E-state index in [-0.39, 0.29) is 30.3 Å². The Bertz CT molecular complexity index is 1080. The number of benzene rings is 2. The molecular formula is C34H51N3O4. The molecule has 226 valence electrons. The third-order valence-electron chi connectivity index (χ3n) is 6.92. The molecule has 0 aliphatic heterocycles. The number of alkyl carbamates (subject to hydrolysis) is 1. The van der Waals surface area contributed by atoms with Crippen molar-refractivity contribution in [1.29, 1.82) is 0 Å². The highest BCUT2D eigenvalue weighted by Gasteiger charge is 2.39. The van der Waals surface area contributed by atoms with Gasteiger partial charge in [-0.05, 0) is 70.9 Å². The van der Waals surface area contributed by atoms with E-state index >= 15 is 0 Å². The van der Waals surface area contributed by atoms with Gasteiger partial charge in [0.1, 0.15) is 17.7 Å². The molecule has 7 heteroatoms. The second kappa shape index (κ2) is 16.2. The van der Waals surface area contributed by atoms with Crippen molar-refractivity contribution in [3.63, 3.8) is 0 Å². The SMILES string of the molecule is CCCC(C)NC(=O)C(c1ccccc1)N(C(=O)C(Cc1ccccc1)NC(=O)OC(C)(C)C)C(C)CCC(C)C. The van der Waals surface area contributed by atoms with Crippen LogP contribution in [0.25, 0.3) is 0 Å². The van der Waals surface area contributed by atoms with E-state index in [1.165, 1.54) is 0 Å². The van der Waals surface area contributed by atoms with Gasteiger partial charge in [0, 0.05) is 18.5 Å². The summed E-state index contributed by atoms with van der Waals surface area (Å²) in [7, 11) is 0. The predicted molar refractivity (Wildman–Crippen MR) is 165 cm³/mol. The van der Waals surface area contributed by atoms with Gasteiger partial charge in [-0.2, -0.15) is 0 Å². The van der Waals surface area contributed by atoms with Crippen molar-refractivity contribution in [3.05, 3.63) is 71.8 Å². The summed E-state index contributed by atoms with van der Waals surface area (Å²) in [6.45, 7) is 15.7. The number of nitrogens with zero attached hydrogens (tertiary/aromatic N) is 1. The molecule has 0 aliphatic carbocycles. The molecule has 0 heterocycles. The fourth-order valence-corrected chi connectivity index (χ4v) is 4.89. The van der Waals surface area contributed by atoms with Crippen LogP contribution in [0, 0.1) is 5.92 Å². The molecule has 4 unspecified atom stereocenters. The standard InChI is InChI=1S/C34H51N3O4/c1-9-16-25(4)35-31(38)30(28-19-14-11-15-20-28)37(26(5)22-21-24(2)3)32(39)29(23-27-17-12-10-13-18-27)36-33(40)41-34(6,7)8/h10-15,17-20,24-26,29-30H,9,16,21-23H2,1-8H3,(H,35,38)(H,36,40). The van der Waals surface area contributed by atoms with Gasteiger partial charge in [0.25, 0.3) is 0 Å². The Balaban J connectivity index is 2.60. The zero-order chi connectivity index (χ0) is 30.6. The van der Waals surface area contributed by atoms with Crippen LogP contribution in [-0.4, -0.2) is 46.5 Å². The van der Waals surface area contributed by atoms with Gasteiger partial charge in [-0.1, -0.05) is 87.9 Å². The van der Waals surface area contributed by atoms with Gasteiger partial charge >= 0.3 is 6.09 Å². The largest absolute Gasteiger partial charge is 0.444 e. The van der Waals surface area contributed by atoms with Gasteiger partial charge in [-0.3, -0.25) is 9.59 Å². The maximum absolute atomic E-state index is 14.6. The van der Waals surface area contributed by atoms with E-state index in [1.807, 2.05) is 74.5 Å². The number of hydrogen-bond donors (Lipinski definition) is 2. The Kier molecular flexibility index (Phi) is 13.4. The van der Waals surface area contributed by atoms with E-state index in [2.05, 4.69) is 31.4 Å². The number of nitrogens with one attached hydrogen (secondary N) is 2. The molecule has 2 rings (SSSR count). The van der Waals surface area contributed by atoms with Crippen LogP contribution < -0.4 is 10.6 Å². The molecule has 41 heavy (non-hydrogen) atoms. The molecule has 0 aromatic heterocycles. The Morgan fingerprint density at radius 1 is 0.829 bits per heavy atom. The van der Waals surface area contributed by atoms with Crippen LogP contribution in [0.15, 0.2) is 60.7 Å². The summed E-state index contributed by atoms with van der Waals surface area (Å²) in [5.74, 6) is -0.108. The van der Waals surface area contributed by atoms with Crippen molar-refractivity contribution in [2.75, 3.05) is 0 Å². The molecule has 0 radical (unpaired) electrons. The van der Waals surface area contributed by atoms with Crippen LogP contribution in [0.1, 0.15) is 98.2 Å². The van der Waals surface area contributed by atoms with Gasteiger partial charge in [-0.25, -0.2) is 4.79 Å². The fourth-order valence-electron chi connectivity index (χ4n) is 4.89. The molecular weight excluding hydrogens is 514 g/mol. The summed E-state index contributed by atoms with van der Waals surface area (Å²) in [4.78, 5) is 43.3. The Morgan fingerprint density at radius 2 is 1.41 bits per heavy atom. The minimum atomic E-state index is -0.930. The lowest BCUT2D eigenvalue weighted by Gasteiger charge is -2.39. The fraction of sp³-hybridized carbons (Fsp3) is 0.559. The van der Waals surface area contributed by atoms with E-state index in [0.29, 0.717) is 5.92 Å². The third kappa shape index (κ3) is 11.6. The molecule has 2 aromatic rings. The molecule has 2 aromatic carbocycles. The Hall–Kier alpha value is -3.35. The summed E-state index contributed by atoms with van der Waals surface area (Å²) in [6, 6.07) is 16.9. The quantitative estimate of drug-likeness (QED) is 0.263. The van der Waals surface area contributed by atoms with Gasteiger partial charge in [0.2, 0.25) is 11.8 Å². The lowest BCUT2D eigenvalue weighted by molar-refractivity contribution is -0.145. The average molecular weight is 566 g/mol. The predicted octanol–water partition coefficient (Wildman–Crippen LogP) is 6.82. The first-order valence-corrected chi connectivity index (χ1v) is 15.0. The topological polar surface area (TPSA) is 87.7 Å². The van der Waals surface area contributed by atoms with E-state index < -0.39 is 23.8 Å². The monoisotopic (exact) mass is 565 g/mol. The van der Waals surface area contributed by atoms with Gasteiger partial charge < -0.3 is 20.3 Å². The smallest absolute Gasteiger partial charge is 0.408 e. The van der Waals surface area contributed by atoms with E-state index in [0.717, 1.165) is 36.8 Å². The van der Waals surface area contributed by atoms with Gasteiger partial charge in [0.05, 0.1) is 0 Å². The molecule has 2 N–H and O–H groups in total. The molecule has 0 fully saturated rings. The summed E-state index contributed by atoms with van der Waals surface area (Å²) >= 11 is 0. The van der Waals surface area contributed by atoms with Gasteiger partial charge in [-0.15, -0.1) is 0 Å². The van der Waals surface area contributed by atoms with Crippen molar-refractivity contribution in [1.82, 2.24) is 15.5 Å². The van der Waals surface area contributed by atoms with Crippen LogP contribution in [0.2, 0.25) is 0 Å². The second-order valence-electron chi connectivity index (χ2n) is 12.5. The molecule has 0 aliphatic rings. The zero-order valence-electron chi connectivity index (χ0n) is 26.3. The highest BCUT2D eigenvalue weighted by atomic mass is 16.6. The molecule has 0 bridgehead atoms. The first kappa shape index (κ1) is 33.9. The lowest BCUT2D eigenvalue weighted by atomic mass is 9.95. The van der Waals surface area contributed by atoms with Crippen LogP contribution in [0.3, 0.4) is 0 Å². The first-order valence-electron chi connectivity index (χ1n) is 15.0. The summed E-state index contributed by atoms with van der Waals surface area (Å²) < 4.78 is 5.55. The summed E-state index contributed by atoms with van der Waals surface area (Å²) in [5.41, 5.74) is 0.902. The number of carbonyl (C=O) groups excluding carboxylic acids is 3. The highest BCUT2D eigenvalue weighted by Crippen LogP contribution is 2.28. The number of carbonyl (C=O) groups is 3. The number of amides is 3. The van der Waals surface area contributed by atoms with Crippen LogP contribution in [0.4, 0.5) is 4.79 Å². The van der Waals surface area contributed by atoms with Crippen molar-refractivity contribution in [2.45, 2.75) is 117 Å². The molecule has 0 saturated carbocycles. The lowest BCUT2D eigenvalue weighted by Crippen LogP contribution is -2.56. The summed E-state index contributed by atoms with van der Waals surface area (Å²) in [6.07, 6.45) is 2.98. The third-order valence-corrected chi connectivity index (χ3v) is 6.92. The highest BCUT2D eigenvalue weighted by molar-refractivity contribution is 5.92. The minimum absolute atomic E-state index is 0.0401. The normalized spacial score (nSPS) is 14.5. The van der Waals surface area contributed by atoms with E-state index in [1.54, 1.807) is 25.7 Å². The van der Waals surface area contributed by atoms with Crippen molar-refractivity contribution in [3.8, 4) is 0 Å². The van der Waals surface area contributed by atoms with Crippen LogP contribution in [-0.2, 0) is 20.7 Å². The number of rotatable bonds is 14. The van der Waals surface area contributed by atoms with Crippen molar-refractivity contribution >= 4 is 17.9 Å². The van der Waals surface area contributed by atoms with Crippen LogP contribution >= 0.6 is 0 Å². The summed E-state index contributed by atoms with van der Waals surface area (Å²) in [5, 5.41) is 5.99. The van der Waals surface area contributed by atoms with Gasteiger partial charge in [0.15, 0.2) is 0 Å². The zero-order valence-corrected chi connectivity index (χ0v) is 26.3. The molecule has 0 spiro atoms. The molecule has 3 amide bonds. The number of ether oxygens (including phenoxy) is 1. The van der Waals surface area contributed by atoms with E-state index in [4.69, 9.17) is 4.74 Å². The molecule has 7 nitrogen and oxygen atoms in total. The minimum Gasteiger partial charge on any atom is -0.444 e. The molecule has 4 atom stereocenters. The Morgan fingerprint density at radius 3 is 1.95 bits per heavy atom. The maximum atomic E-state index is 14.6.